The molecule has 0 amide bonds. The zero-order chi connectivity index (χ0) is 10.3. The standard InChI is InChI=1S/C14H18/c1-5-11-6-12-7-13(12)8-14(11)10(4)9(2)3/h5-6,8-9,12-13H,1,4,7H2,2-3H3. The van der Waals surface area contributed by atoms with Gasteiger partial charge < -0.3 is 0 Å². The molecule has 0 bridgehead atoms. The summed E-state index contributed by atoms with van der Waals surface area (Å²) in [7, 11) is 0. The van der Waals surface area contributed by atoms with Crippen molar-refractivity contribution in [3.8, 4) is 0 Å². The molecule has 0 aromatic heterocycles. The monoisotopic (exact) mass is 186 g/mol. The predicted molar refractivity (Wildman–Crippen MR) is 61.9 cm³/mol. The Morgan fingerprint density at radius 2 is 2.07 bits per heavy atom. The molecule has 0 aliphatic heterocycles. The van der Waals surface area contributed by atoms with E-state index >= 15 is 0 Å². The van der Waals surface area contributed by atoms with E-state index in [2.05, 4.69) is 39.2 Å². The van der Waals surface area contributed by atoms with E-state index in [0.717, 1.165) is 11.8 Å². The van der Waals surface area contributed by atoms with Gasteiger partial charge >= 0.3 is 0 Å². The Morgan fingerprint density at radius 1 is 1.43 bits per heavy atom. The Kier molecular flexibility index (Phi) is 2.22. The van der Waals surface area contributed by atoms with E-state index in [1.54, 1.807) is 0 Å². The van der Waals surface area contributed by atoms with Gasteiger partial charge in [0, 0.05) is 0 Å². The minimum absolute atomic E-state index is 0.528. The van der Waals surface area contributed by atoms with Crippen LogP contribution in [0.15, 0.2) is 48.1 Å². The number of allylic oxidation sites excluding steroid dienone is 6. The molecule has 0 N–H and O–H groups in total. The van der Waals surface area contributed by atoms with Crippen molar-refractivity contribution >= 4 is 0 Å². The largest absolute Gasteiger partial charge is 0.0985 e. The zero-order valence-corrected chi connectivity index (χ0v) is 9.09. The third-order valence-electron chi connectivity index (χ3n) is 3.24. The maximum Gasteiger partial charge on any atom is -0.0155 e. The van der Waals surface area contributed by atoms with Crippen LogP contribution in [0, 0.1) is 17.8 Å². The SMILES string of the molecule is C=CC1=CC2CC2C=C1C(=C)C(C)C. The van der Waals surface area contributed by atoms with E-state index in [9.17, 15) is 0 Å². The van der Waals surface area contributed by atoms with Crippen molar-refractivity contribution in [1.82, 2.24) is 0 Å². The summed E-state index contributed by atoms with van der Waals surface area (Å²) in [6.07, 6.45) is 8.05. The highest BCUT2D eigenvalue weighted by Crippen LogP contribution is 2.48. The summed E-state index contributed by atoms with van der Waals surface area (Å²) in [6.45, 7) is 12.4. The topological polar surface area (TPSA) is 0 Å². The molecule has 1 fully saturated rings. The molecule has 0 heterocycles. The van der Waals surface area contributed by atoms with Crippen LogP contribution in [0.5, 0.6) is 0 Å². The lowest BCUT2D eigenvalue weighted by atomic mass is 9.87. The van der Waals surface area contributed by atoms with Crippen LogP contribution in [0.1, 0.15) is 20.3 Å². The van der Waals surface area contributed by atoms with Gasteiger partial charge in [-0.2, -0.15) is 0 Å². The van der Waals surface area contributed by atoms with Crippen molar-refractivity contribution < 1.29 is 0 Å². The molecule has 0 nitrogen and oxygen atoms in total. The minimum Gasteiger partial charge on any atom is -0.0985 e. The van der Waals surface area contributed by atoms with E-state index < -0.39 is 0 Å². The third-order valence-corrected chi connectivity index (χ3v) is 3.24. The van der Waals surface area contributed by atoms with Crippen LogP contribution in [0.4, 0.5) is 0 Å². The normalized spacial score (nSPS) is 29.1. The molecule has 0 saturated heterocycles. The van der Waals surface area contributed by atoms with Gasteiger partial charge in [0.15, 0.2) is 0 Å². The molecule has 2 rings (SSSR count). The lowest BCUT2D eigenvalue weighted by Gasteiger charge is -2.18. The summed E-state index contributed by atoms with van der Waals surface area (Å²) in [6, 6.07) is 0. The molecule has 2 atom stereocenters. The first-order valence-corrected chi connectivity index (χ1v) is 5.39. The zero-order valence-electron chi connectivity index (χ0n) is 9.09. The Bertz CT molecular complexity index is 339. The average molecular weight is 186 g/mol. The highest BCUT2D eigenvalue weighted by molar-refractivity contribution is 5.54. The Hall–Kier alpha value is -1.04. The van der Waals surface area contributed by atoms with Gasteiger partial charge in [0.1, 0.15) is 0 Å². The van der Waals surface area contributed by atoms with Crippen molar-refractivity contribution in [2.75, 3.05) is 0 Å². The van der Waals surface area contributed by atoms with Crippen molar-refractivity contribution in [3.05, 3.63) is 48.1 Å². The van der Waals surface area contributed by atoms with Gasteiger partial charge in [-0.15, -0.1) is 0 Å². The van der Waals surface area contributed by atoms with Crippen LogP contribution >= 0.6 is 0 Å². The molecular formula is C14H18. The minimum atomic E-state index is 0.528. The van der Waals surface area contributed by atoms with Crippen molar-refractivity contribution in [3.63, 3.8) is 0 Å². The number of hydrogen-bond acceptors (Lipinski definition) is 0. The summed E-state index contributed by atoms with van der Waals surface area (Å²) < 4.78 is 0. The maximum absolute atomic E-state index is 4.17. The van der Waals surface area contributed by atoms with E-state index in [1.165, 1.54) is 23.1 Å². The van der Waals surface area contributed by atoms with Crippen LogP contribution < -0.4 is 0 Å². The van der Waals surface area contributed by atoms with Gasteiger partial charge in [0.2, 0.25) is 0 Å². The number of hydrogen-bond donors (Lipinski definition) is 0. The van der Waals surface area contributed by atoms with Crippen molar-refractivity contribution in [1.29, 1.82) is 0 Å². The van der Waals surface area contributed by atoms with Gasteiger partial charge in [-0.25, -0.2) is 0 Å². The number of fused-ring (bicyclic) bond motifs is 1. The summed E-state index contributed by atoms with van der Waals surface area (Å²) >= 11 is 0. The molecule has 2 aliphatic carbocycles. The molecule has 0 radical (unpaired) electrons. The Balaban J connectivity index is 2.29. The highest BCUT2D eigenvalue weighted by atomic mass is 14.4. The van der Waals surface area contributed by atoms with Gasteiger partial charge in [0.25, 0.3) is 0 Å². The highest BCUT2D eigenvalue weighted by Gasteiger charge is 2.37. The molecule has 14 heavy (non-hydrogen) atoms. The van der Waals surface area contributed by atoms with E-state index in [4.69, 9.17) is 0 Å². The number of rotatable bonds is 3. The Labute approximate surface area is 86.7 Å². The molecular weight excluding hydrogens is 168 g/mol. The first kappa shape index (κ1) is 9.51. The van der Waals surface area contributed by atoms with Gasteiger partial charge in [0.05, 0.1) is 0 Å². The fourth-order valence-electron chi connectivity index (χ4n) is 2.03. The molecule has 2 unspecified atom stereocenters. The molecule has 0 spiro atoms. The smallest absolute Gasteiger partial charge is 0.0155 e. The molecule has 1 saturated carbocycles. The average Bonchev–Trinajstić information content (AvgIpc) is 2.92. The second kappa shape index (κ2) is 3.27. The van der Waals surface area contributed by atoms with Crippen LogP contribution in [-0.2, 0) is 0 Å². The second-order valence-corrected chi connectivity index (χ2v) is 4.65. The Morgan fingerprint density at radius 3 is 2.64 bits per heavy atom. The van der Waals surface area contributed by atoms with E-state index in [-0.39, 0.29) is 0 Å². The summed E-state index contributed by atoms with van der Waals surface area (Å²) in [5.41, 5.74) is 3.89. The summed E-state index contributed by atoms with van der Waals surface area (Å²) in [4.78, 5) is 0. The van der Waals surface area contributed by atoms with Gasteiger partial charge in [-0.1, -0.05) is 45.2 Å². The van der Waals surface area contributed by atoms with Gasteiger partial charge in [-0.05, 0) is 40.9 Å². The quantitative estimate of drug-likeness (QED) is 0.627. The van der Waals surface area contributed by atoms with Crippen molar-refractivity contribution in [2.45, 2.75) is 20.3 Å². The van der Waals surface area contributed by atoms with Crippen LogP contribution in [0.3, 0.4) is 0 Å². The second-order valence-electron chi connectivity index (χ2n) is 4.65. The van der Waals surface area contributed by atoms with Crippen LogP contribution in [-0.4, -0.2) is 0 Å². The van der Waals surface area contributed by atoms with Crippen LogP contribution in [0.25, 0.3) is 0 Å². The molecule has 0 aromatic rings. The first-order valence-electron chi connectivity index (χ1n) is 5.39. The lowest BCUT2D eigenvalue weighted by molar-refractivity contribution is 0.777. The molecule has 74 valence electrons. The molecule has 0 heteroatoms. The van der Waals surface area contributed by atoms with Crippen LogP contribution in [0.2, 0.25) is 0 Å². The van der Waals surface area contributed by atoms with E-state index in [0.29, 0.717) is 5.92 Å². The van der Waals surface area contributed by atoms with Crippen molar-refractivity contribution in [2.24, 2.45) is 17.8 Å². The predicted octanol–water partition coefficient (Wildman–Crippen LogP) is 3.89. The maximum atomic E-state index is 4.17. The summed E-state index contributed by atoms with van der Waals surface area (Å²) in [5, 5.41) is 0. The lowest BCUT2D eigenvalue weighted by Crippen LogP contribution is -2.02. The first-order chi connectivity index (χ1) is 6.63. The van der Waals surface area contributed by atoms with E-state index in [1.807, 2.05) is 6.08 Å². The fraction of sp³-hybridized carbons (Fsp3) is 0.429. The molecule has 2 aliphatic rings. The summed E-state index contributed by atoms with van der Waals surface area (Å²) in [5.74, 6) is 2.12. The third kappa shape index (κ3) is 1.50. The fourth-order valence-corrected chi connectivity index (χ4v) is 2.03. The molecule has 0 aromatic carbocycles. The van der Waals surface area contributed by atoms with Gasteiger partial charge in [-0.3, -0.25) is 0 Å².